The van der Waals surface area contributed by atoms with E-state index in [4.69, 9.17) is 9.72 Å². The number of pyridine rings is 1. The summed E-state index contributed by atoms with van der Waals surface area (Å²) in [4.78, 5) is 21.7. The molecule has 1 amide bonds. The number of benzene rings is 3. The van der Waals surface area contributed by atoms with Crippen LogP contribution >= 0.6 is 0 Å². The molecule has 1 heterocycles. The number of guanidine groups is 1. The molecular formula is C32H34N4O5S. The largest absolute Gasteiger partial charge is 0.444 e. The van der Waals surface area contributed by atoms with E-state index in [9.17, 15) is 18.3 Å². The third kappa shape index (κ3) is 8.25. The molecular weight excluding hydrogens is 552 g/mol. The van der Waals surface area contributed by atoms with Crippen LogP contribution in [-0.2, 0) is 27.9 Å². The van der Waals surface area contributed by atoms with Crippen LogP contribution < -0.4 is 10.0 Å². The minimum absolute atomic E-state index is 0.00530. The van der Waals surface area contributed by atoms with Gasteiger partial charge in [-0.1, -0.05) is 72.3 Å². The first-order valence-electron chi connectivity index (χ1n) is 13.3. The summed E-state index contributed by atoms with van der Waals surface area (Å²) in [5, 5.41) is 11.9. The molecule has 0 atom stereocenters. The Morgan fingerprint density at radius 3 is 2.19 bits per heavy atom. The predicted octanol–water partition coefficient (Wildman–Crippen LogP) is 5.58. The lowest BCUT2D eigenvalue weighted by molar-refractivity contribution is 0.0562. The van der Waals surface area contributed by atoms with Crippen LogP contribution in [0.1, 0.15) is 37.5 Å². The first kappa shape index (κ1) is 30.4. The molecule has 0 bridgehead atoms. The zero-order valence-corrected chi connectivity index (χ0v) is 24.8. The monoisotopic (exact) mass is 586 g/mol. The molecule has 1 aromatic heterocycles. The highest BCUT2D eigenvalue weighted by molar-refractivity contribution is 7.90. The Kier molecular flexibility index (Phi) is 9.39. The number of carbonyl (C=O) groups excluding carboxylic acids is 1. The Morgan fingerprint density at radius 2 is 1.57 bits per heavy atom. The van der Waals surface area contributed by atoms with Crippen LogP contribution in [0, 0.1) is 6.92 Å². The van der Waals surface area contributed by atoms with Gasteiger partial charge < -0.3 is 9.84 Å². The van der Waals surface area contributed by atoms with Crippen LogP contribution in [0.5, 0.6) is 0 Å². The number of carbonyl (C=O) groups is 1. The number of aliphatic imine (C=N–C) groups is 1. The van der Waals surface area contributed by atoms with Crippen molar-refractivity contribution in [2.24, 2.45) is 4.99 Å². The van der Waals surface area contributed by atoms with E-state index in [1.54, 1.807) is 45.2 Å². The molecule has 0 unspecified atom stereocenters. The molecule has 3 aromatic carbocycles. The van der Waals surface area contributed by atoms with Crippen molar-refractivity contribution in [1.29, 1.82) is 0 Å². The van der Waals surface area contributed by atoms with Crippen LogP contribution in [0.15, 0.2) is 101 Å². The Hall–Kier alpha value is -4.54. The molecule has 9 nitrogen and oxygen atoms in total. The van der Waals surface area contributed by atoms with E-state index in [0.29, 0.717) is 5.56 Å². The maximum absolute atomic E-state index is 13.0. The van der Waals surface area contributed by atoms with Crippen molar-refractivity contribution in [2.75, 3.05) is 0 Å². The van der Waals surface area contributed by atoms with Crippen molar-refractivity contribution in [3.05, 3.63) is 108 Å². The first-order chi connectivity index (χ1) is 19.9. The van der Waals surface area contributed by atoms with E-state index in [1.807, 2.05) is 61.5 Å². The van der Waals surface area contributed by atoms with Crippen LogP contribution in [0.2, 0.25) is 0 Å². The van der Waals surface area contributed by atoms with Crippen molar-refractivity contribution in [2.45, 2.75) is 51.3 Å². The second-order valence-electron chi connectivity index (χ2n) is 10.7. The summed E-state index contributed by atoms with van der Waals surface area (Å²) >= 11 is 0. The number of hydrogen-bond donors (Lipinski definition) is 3. The summed E-state index contributed by atoms with van der Waals surface area (Å²) in [7, 11) is -4.04. The average Bonchev–Trinajstić information content (AvgIpc) is 2.95. The van der Waals surface area contributed by atoms with Gasteiger partial charge in [-0.15, -0.1) is 0 Å². The first-order valence-corrected chi connectivity index (χ1v) is 14.8. The molecule has 0 fully saturated rings. The third-order valence-electron chi connectivity index (χ3n) is 6.04. The second kappa shape index (κ2) is 13.0. The van der Waals surface area contributed by atoms with Gasteiger partial charge in [-0.05, 0) is 62.6 Å². The molecule has 0 saturated heterocycles. The van der Waals surface area contributed by atoms with Crippen molar-refractivity contribution in [3.8, 4) is 22.4 Å². The van der Waals surface area contributed by atoms with E-state index in [-0.39, 0.29) is 24.0 Å². The smallest absolute Gasteiger partial charge is 0.414 e. The molecule has 0 aliphatic heterocycles. The van der Waals surface area contributed by atoms with Crippen molar-refractivity contribution >= 4 is 22.1 Å². The van der Waals surface area contributed by atoms with Gasteiger partial charge >= 0.3 is 6.09 Å². The average molecular weight is 587 g/mol. The Morgan fingerprint density at radius 1 is 0.929 bits per heavy atom. The van der Waals surface area contributed by atoms with Gasteiger partial charge in [0.25, 0.3) is 10.0 Å². The van der Waals surface area contributed by atoms with Crippen molar-refractivity contribution in [3.63, 3.8) is 0 Å². The van der Waals surface area contributed by atoms with Crippen LogP contribution in [0.3, 0.4) is 0 Å². The van der Waals surface area contributed by atoms with Gasteiger partial charge in [0.2, 0.25) is 5.96 Å². The molecule has 0 radical (unpaired) electrons. The normalized spacial score (nSPS) is 12.1. The number of aromatic nitrogens is 1. The molecule has 4 rings (SSSR count). The molecule has 0 aliphatic rings. The van der Waals surface area contributed by atoms with E-state index < -0.39 is 21.7 Å². The lowest BCUT2D eigenvalue weighted by atomic mass is 9.96. The fraction of sp³-hybridized carbons (Fsp3) is 0.219. The van der Waals surface area contributed by atoms with E-state index >= 15 is 0 Å². The number of amides is 1. The summed E-state index contributed by atoms with van der Waals surface area (Å²) in [6.45, 7) is 7.06. The number of ether oxygens (including phenoxy) is 1. The number of nitrogens with one attached hydrogen (secondary N) is 2. The van der Waals surface area contributed by atoms with Crippen LogP contribution in [0.4, 0.5) is 4.79 Å². The Bertz CT molecular complexity index is 1660. The van der Waals surface area contributed by atoms with Crippen LogP contribution in [0.25, 0.3) is 22.4 Å². The van der Waals surface area contributed by atoms with E-state index in [2.05, 4.69) is 15.0 Å². The van der Waals surface area contributed by atoms with Gasteiger partial charge in [-0.3, -0.25) is 10.3 Å². The Labute approximate surface area is 246 Å². The van der Waals surface area contributed by atoms with Crippen molar-refractivity contribution < 1.29 is 23.1 Å². The molecule has 42 heavy (non-hydrogen) atoms. The fourth-order valence-corrected chi connectivity index (χ4v) is 5.00. The topological polar surface area (TPSA) is 130 Å². The molecule has 218 valence electrons. The quantitative estimate of drug-likeness (QED) is 0.192. The van der Waals surface area contributed by atoms with Gasteiger partial charge in [0.05, 0.1) is 23.7 Å². The highest BCUT2D eigenvalue weighted by atomic mass is 32.2. The lowest BCUT2D eigenvalue weighted by Gasteiger charge is -2.20. The summed E-state index contributed by atoms with van der Waals surface area (Å²) in [5.74, 6) is -0.287. The maximum Gasteiger partial charge on any atom is 0.414 e. The molecule has 0 spiro atoms. The number of nitrogens with zero attached hydrogens (tertiary/aromatic N) is 2. The van der Waals surface area contributed by atoms with Gasteiger partial charge in [-0.25, -0.2) is 22.9 Å². The maximum atomic E-state index is 13.0. The number of aliphatic hydroxyl groups is 1. The number of rotatable bonds is 7. The summed E-state index contributed by atoms with van der Waals surface area (Å²) in [6.07, 6.45) is 0.815. The summed E-state index contributed by atoms with van der Waals surface area (Å²) in [5.41, 5.74) is 5.20. The zero-order chi connectivity index (χ0) is 30.3. The third-order valence-corrected chi connectivity index (χ3v) is 7.40. The number of hydrogen-bond acceptors (Lipinski definition) is 7. The van der Waals surface area contributed by atoms with Crippen LogP contribution in [-0.4, -0.2) is 36.2 Å². The van der Waals surface area contributed by atoms with Gasteiger partial charge in [0.1, 0.15) is 5.60 Å². The lowest BCUT2D eigenvalue weighted by Crippen LogP contribution is -2.45. The Balaban J connectivity index is 1.70. The number of sulfonamides is 1. The molecule has 0 aliphatic carbocycles. The number of aliphatic hydroxyl groups excluding tert-OH is 1. The molecule has 10 heteroatoms. The fourth-order valence-electron chi connectivity index (χ4n) is 4.00. The number of aryl methyl sites for hydroxylation is 1. The second-order valence-corrected chi connectivity index (χ2v) is 12.4. The summed E-state index contributed by atoms with van der Waals surface area (Å²) in [6, 6.07) is 25.3. The van der Waals surface area contributed by atoms with Crippen molar-refractivity contribution in [1.82, 2.24) is 15.0 Å². The SMILES string of the molecule is Cc1ccc(-c2ncc(CN=C(NC(=O)OC(C)(C)C)NS(=O)(=O)c3ccccc3)cc2-c2ccc(CO)cc2)cc1. The van der Waals surface area contributed by atoms with Gasteiger partial charge in [-0.2, -0.15) is 0 Å². The van der Waals surface area contributed by atoms with Gasteiger partial charge in [0.15, 0.2) is 0 Å². The number of alkyl carbamates (subject to hydrolysis) is 1. The molecule has 3 N–H and O–H groups in total. The minimum atomic E-state index is -4.04. The zero-order valence-electron chi connectivity index (χ0n) is 24.0. The van der Waals surface area contributed by atoms with E-state index in [0.717, 1.165) is 33.5 Å². The highest BCUT2D eigenvalue weighted by Crippen LogP contribution is 2.32. The summed E-state index contributed by atoms with van der Waals surface area (Å²) < 4.78 is 33.7. The molecule has 4 aromatic rings. The van der Waals surface area contributed by atoms with Gasteiger partial charge in [0, 0.05) is 17.3 Å². The highest BCUT2D eigenvalue weighted by Gasteiger charge is 2.21. The predicted molar refractivity (Wildman–Crippen MR) is 163 cm³/mol. The molecule has 0 saturated carbocycles. The van der Waals surface area contributed by atoms with E-state index in [1.165, 1.54) is 12.1 Å². The standard InChI is InChI=1S/C32H34N4O5S/c1-22-10-14-26(15-11-22)29-28(25-16-12-23(21-37)13-17-25)18-24(19-33-29)20-34-30(35-31(38)41-32(2,3)4)36-42(39,40)27-8-6-5-7-9-27/h5-19,37H,20-21H2,1-4H3,(H2,34,35,36,38). The minimum Gasteiger partial charge on any atom is -0.444 e.